The Hall–Kier alpha value is -2.27. The molecule has 2 rings (SSSR count). The van der Waals surface area contributed by atoms with Gasteiger partial charge in [0.15, 0.2) is 5.76 Å². The SMILES string of the molecule is O=C(O)/C=C/c1cc(Cl)ccc1OCc1ccno1. The second-order valence-corrected chi connectivity index (χ2v) is 4.06. The number of carboxylic acids is 1. The molecule has 0 saturated carbocycles. The van der Waals surface area contributed by atoms with Gasteiger partial charge >= 0.3 is 5.97 Å². The monoisotopic (exact) mass is 279 g/mol. The lowest BCUT2D eigenvalue weighted by atomic mass is 10.2. The quantitative estimate of drug-likeness (QED) is 0.852. The molecule has 2 aromatic rings. The van der Waals surface area contributed by atoms with E-state index in [0.717, 1.165) is 6.08 Å². The molecule has 0 bridgehead atoms. The first-order chi connectivity index (χ1) is 9.15. The van der Waals surface area contributed by atoms with Crippen LogP contribution in [-0.2, 0) is 11.4 Å². The number of rotatable bonds is 5. The Morgan fingerprint density at radius 2 is 2.32 bits per heavy atom. The molecule has 1 aromatic heterocycles. The van der Waals surface area contributed by atoms with Crippen molar-refractivity contribution in [1.82, 2.24) is 5.16 Å². The lowest BCUT2D eigenvalue weighted by Gasteiger charge is -2.07. The zero-order valence-corrected chi connectivity index (χ0v) is 10.5. The first-order valence-corrected chi connectivity index (χ1v) is 5.76. The maximum atomic E-state index is 10.5. The predicted molar refractivity (Wildman–Crippen MR) is 69.0 cm³/mol. The molecule has 0 fully saturated rings. The fourth-order valence-corrected chi connectivity index (χ4v) is 1.59. The van der Waals surface area contributed by atoms with Crippen molar-refractivity contribution in [2.75, 3.05) is 0 Å². The van der Waals surface area contributed by atoms with E-state index in [-0.39, 0.29) is 6.61 Å². The lowest BCUT2D eigenvalue weighted by Crippen LogP contribution is -1.96. The molecule has 0 atom stereocenters. The van der Waals surface area contributed by atoms with Crippen LogP contribution in [0.25, 0.3) is 6.08 Å². The number of nitrogens with zero attached hydrogens (tertiary/aromatic N) is 1. The van der Waals surface area contributed by atoms with Crippen LogP contribution < -0.4 is 4.74 Å². The van der Waals surface area contributed by atoms with Gasteiger partial charge in [0.25, 0.3) is 0 Å². The van der Waals surface area contributed by atoms with Crippen LogP contribution >= 0.6 is 11.6 Å². The number of hydrogen-bond donors (Lipinski definition) is 1. The second kappa shape index (κ2) is 6.06. The van der Waals surface area contributed by atoms with Crippen LogP contribution in [-0.4, -0.2) is 16.2 Å². The van der Waals surface area contributed by atoms with E-state index in [9.17, 15) is 4.79 Å². The van der Waals surface area contributed by atoms with E-state index in [1.54, 1.807) is 24.3 Å². The Morgan fingerprint density at radius 1 is 1.47 bits per heavy atom. The number of hydrogen-bond acceptors (Lipinski definition) is 4. The van der Waals surface area contributed by atoms with Crippen LogP contribution in [0.2, 0.25) is 5.02 Å². The highest BCUT2D eigenvalue weighted by atomic mass is 35.5. The molecule has 0 aliphatic heterocycles. The highest BCUT2D eigenvalue weighted by Gasteiger charge is 2.05. The summed E-state index contributed by atoms with van der Waals surface area (Å²) in [7, 11) is 0. The Labute approximate surface area is 114 Å². The van der Waals surface area contributed by atoms with E-state index < -0.39 is 5.97 Å². The molecule has 19 heavy (non-hydrogen) atoms. The molecule has 0 unspecified atom stereocenters. The van der Waals surface area contributed by atoms with Crippen molar-refractivity contribution >= 4 is 23.6 Å². The van der Waals surface area contributed by atoms with Crippen molar-refractivity contribution < 1.29 is 19.2 Å². The maximum Gasteiger partial charge on any atom is 0.328 e. The fourth-order valence-electron chi connectivity index (χ4n) is 1.41. The average molecular weight is 280 g/mol. The van der Waals surface area contributed by atoms with Gasteiger partial charge in [0, 0.05) is 22.7 Å². The smallest absolute Gasteiger partial charge is 0.328 e. The van der Waals surface area contributed by atoms with Crippen molar-refractivity contribution in [3.63, 3.8) is 0 Å². The van der Waals surface area contributed by atoms with Gasteiger partial charge in [-0.15, -0.1) is 0 Å². The summed E-state index contributed by atoms with van der Waals surface area (Å²) in [5.41, 5.74) is 0.578. The molecule has 0 spiro atoms. The van der Waals surface area contributed by atoms with Gasteiger partial charge in [0.2, 0.25) is 0 Å². The van der Waals surface area contributed by atoms with E-state index in [0.29, 0.717) is 22.1 Å². The summed E-state index contributed by atoms with van der Waals surface area (Å²) in [6, 6.07) is 6.63. The topological polar surface area (TPSA) is 72.6 Å². The summed E-state index contributed by atoms with van der Waals surface area (Å²) in [4.78, 5) is 10.5. The van der Waals surface area contributed by atoms with E-state index in [4.69, 9.17) is 26.0 Å². The number of aliphatic carboxylic acids is 1. The summed E-state index contributed by atoms with van der Waals surface area (Å²) in [5, 5.41) is 12.7. The van der Waals surface area contributed by atoms with Gasteiger partial charge < -0.3 is 14.4 Å². The third kappa shape index (κ3) is 3.86. The van der Waals surface area contributed by atoms with Crippen molar-refractivity contribution in [3.05, 3.63) is 52.9 Å². The van der Waals surface area contributed by atoms with Crippen molar-refractivity contribution in [2.24, 2.45) is 0 Å². The summed E-state index contributed by atoms with van der Waals surface area (Å²) >= 11 is 5.87. The van der Waals surface area contributed by atoms with Crippen LogP contribution in [0.3, 0.4) is 0 Å². The van der Waals surface area contributed by atoms with Crippen LogP contribution in [0, 0.1) is 0 Å². The summed E-state index contributed by atoms with van der Waals surface area (Å²) in [5.74, 6) is 0.0441. The van der Waals surface area contributed by atoms with E-state index in [2.05, 4.69) is 5.16 Å². The van der Waals surface area contributed by atoms with Gasteiger partial charge in [-0.25, -0.2) is 4.79 Å². The van der Waals surface area contributed by atoms with Gasteiger partial charge in [0.05, 0.1) is 6.20 Å². The molecule has 0 amide bonds. The lowest BCUT2D eigenvalue weighted by molar-refractivity contribution is -0.131. The molecule has 6 heteroatoms. The Morgan fingerprint density at radius 3 is 3.00 bits per heavy atom. The molecule has 0 saturated heterocycles. The molecule has 1 N–H and O–H groups in total. The minimum absolute atomic E-state index is 0.204. The van der Waals surface area contributed by atoms with Crippen LogP contribution in [0.15, 0.2) is 41.1 Å². The minimum Gasteiger partial charge on any atom is -0.485 e. The fraction of sp³-hybridized carbons (Fsp3) is 0.0769. The Bertz CT molecular complexity index is 593. The summed E-state index contributed by atoms with van der Waals surface area (Å²) < 4.78 is 10.4. The molecular weight excluding hydrogens is 270 g/mol. The van der Waals surface area contributed by atoms with E-state index in [1.165, 1.54) is 12.3 Å². The largest absolute Gasteiger partial charge is 0.485 e. The number of halogens is 1. The third-order valence-electron chi connectivity index (χ3n) is 2.24. The van der Waals surface area contributed by atoms with E-state index >= 15 is 0 Å². The van der Waals surface area contributed by atoms with Crippen molar-refractivity contribution in [3.8, 4) is 5.75 Å². The standard InChI is InChI=1S/C13H10ClNO4/c14-10-2-3-12(9(7-10)1-4-13(16)17)18-8-11-5-6-15-19-11/h1-7H,8H2,(H,16,17)/b4-1+. The second-order valence-electron chi connectivity index (χ2n) is 3.62. The summed E-state index contributed by atoms with van der Waals surface area (Å²) in [6.07, 6.45) is 3.96. The number of carboxylic acid groups (broad SMARTS) is 1. The summed E-state index contributed by atoms with van der Waals surface area (Å²) in [6.45, 7) is 0.204. The third-order valence-corrected chi connectivity index (χ3v) is 2.47. The highest BCUT2D eigenvalue weighted by molar-refractivity contribution is 6.30. The molecule has 0 radical (unpaired) electrons. The van der Waals surface area contributed by atoms with Crippen molar-refractivity contribution in [2.45, 2.75) is 6.61 Å². The molecule has 5 nitrogen and oxygen atoms in total. The van der Waals surface area contributed by atoms with Crippen LogP contribution in [0.5, 0.6) is 5.75 Å². The normalized spacial score (nSPS) is 10.8. The first-order valence-electron chi connectivity index (χ1n) is 5.38. The number of aromatic nitrogens is 1. The van der Waals surface area contributed by atoms with Gasteiger partial charge in [-0.05, 0) is 24.3 Å². The zero-order valence-electron chi connectivity index (χ0n) is 9.75. The predicted octanol–water partition coefficient (Wildman–Crippen LogP) is 3.00. The number of ether oxygens (including phenoxy) is 1. The molecule has 1 heterocycles. The van der Waals surface area contributed by atoms with Gasteiger partial charge in [-0.2, -0.15) is 0 Å². The molecule has 1 aromatic carbocycles. The van der Waals surface area contributed by atoms with Gasteiger partial charge in [-0.1, -0.05) is 16.8 Å². The maximum absolute atomic E-state index is 10.5. The molecular formula is C13H10ClNO4. The average Bonchev–Trinajstić information content (AvgIpc) is 2.88. The Kier molecular flexibility index (Phi) is 4.20. The van der Waals surface area contributed by atoms with Gasteiger partial charge in [0.1, 0.15) is 12.4 Å². The van der Waals surface area contributed by atoms with E-state index in [1.807, 2.05) is 0 Å². The van der Waals surface area contributed by atoms with Crippen molar-refractivity contribution in [1.29, 1.82) is 0 Å². The van der Waals surface area contributed by atoms with Crippen LogP contribution in [0.4, 0.5) is 0 Å². The molecule has 98 valence electrons. The zero-order chi connectivity index (χ0) is 13.7. The minimum atomic E-state index is -1.04. The number of carbonyl (C=O) groups is 1. The highest BCUT2D eigenvalue weighted by Crippen LogP contribution is 2.25. The molecule has 0 aliphatic rings. The molecule has 0 aliphatic carbocycles. The first kappa shape index (κ1) is 13.2. The Balaban J connectivity index is 2.16. The van der Waals surface area contributed by atoms with Crippen LogP contribution in [0.1, 0.15) is 11.3 Å². The number of benzene rings is 1. The van der Waals surface area contributed by atoms with Gasteiger partial charge in [-0.3, -0.25) is 0 Å².